The number of carbonyl (C=O) groups is 1. The first-order valence-corrected chi connectivity index (χ1v) is 4.23. The Morgan fingerprint density at radius 2 is 2.38 bits per heavy atom. The molecular formula is C10H12N2O. The Labute approximate surface area is 77.6 Å². The third kappa shape index (κ3) is 3.18. The van der Waals surface area contributed by atoms with E-state index in [1.807, 2.05) is 13.8 Å². The van der Waals surface area contributed by atoms with Crippen molar-refractivity contribution in [2.75, 3.05) is 0 Å². The summed E-state index contributed by atoms with van der Waals surface area (Å²) >= 11 is 0. The van der Waals surface area contributed by atoms with Crippen molar-refractivity contribution in [1.29, 1.82) is 0 Å². The van der Waals surface area contributed by atoms with Gasteiger partial charge in [-0.15, -0.1) is 0 Å². The van der Waals surface area contributed by atoms with Crippen LogP contribution in [0, 0.1) is 5.92 Å². The Balaban J connectivity index is 2.61. The first-order valence-electron chi connectivity index (χ1n) is 4.23. The topological polar surface area (TPSA) is 41.8 Å². The molecule has 0 saturated heterocycles. The lowest BCUT2D eigenvalue weighted by molar-refractivity contribution is -0.121. The van der Waals surface area contributed by atoms with E-state index < -0.39 is 0 Å². The van der Waals surface area contributed by atoms with Crippen LogP contribution in [0.5, 0.6) is 0 Å². The first-order chi connectivity index (χ1) is 6.20. The van der Waals surface area contributed by atoms with Gasteiger partial charge in [0.15, 0.2) is 0 Å². The van der Waals surface area contributed by atoms with Gasteiger partial charge in [-0.05, 0) is 11.9 Å². The molecule has 0 atom stereocenters. The fraction of sp³-hybridized carbons (Fsp3) is 0.400. The van der Waals surface area contributed by atoms with Crippen LogP contribution in [0.3, 0.4) is 0 Å². The second-order valence-electron chi connectivity index (χ2n) is 3.13. The molecule has 1 aliphatic rings. The molecule has 1 aliphatic heterocycles. The van der Waals surface area contributed by atoms with Crippen LogP contribution < -0.4 is 0 Å². The van der Waals surface area contributed by atoms with Crippen LogP contribution in [-0.4, -0.2) is 18.0 Å². The van der Waals surface area contributed by atoms with E-state index >= 15 is 0 Å². The van der Waals surface area contributed by atoms with E-state index in [0.717, 1.165) is 5.70 Å². The van der Waals surface area contributed by atoms with Gasteiger partial charge in [-0.25, -0.2) is 4.99 Å². The normalized spacial score (nSPS) is 14.5. The average Bonchev–Trinajstić information content (AvgIpc) is 2.32. The number of hydrogen-bond donors (Lipinski definition) is 0. The zero-order valence-electron chi connectivity index (χ0n) is 7.82. The summed E-state index contributed by atoms with van der Waals surface area (Å²) in [5.74, 6) is 2.90. The van der Waals surface area contributed by atoms with Gasteiger partial charge in [0.2, 0.25) is 0 Å². The standard InChI is InChI=1S/C10H12N2O/c1-8(2)10(13)6-9-4-3-5-11-7-12-9/h3-4,7-8H,6H2,1-2H3. The molecular weight excluding hydrogens is 164 g/mol. The molecule has 1 heterocycles. The summed E-state index contributed by atoms with van der Waals surface area (Å²) in [4.78, 5) is 19.1. The lowest BCUT2D eigenvalue weighted by Crippen LogP contribution is -2.07. The quantitative estimate of drug-likeness (QED) is 0.646. The van der Waals surface area contributed by atoms with E-state index in [2.05, 4.69) is 15.9 Å². The van der Waals surface area contributed by atoms with Crippen LogP contribution in [-0.2, 0) is 4.79 Å². The summed E-state index contributed by atoms with van der Waals surface area (Å²) in [5.41, 5.74) is 0.743. The van der Waals surface area contributed by atoms with Gasteiger partial charge < -0.3 is 0 Å². The molecule has 3 heteroatoms. The summed E-state index contributed by atoms with van der Waals surface area (Å²) in [7, 11) is 0. The molecule has 0 radical (unpaired) electrons. The van der Waals surface area contributed by atoms with Crippen molar-refractivity contribution >= 4 is 18.0 Å². The number of hydrogen-bond acceptors (Lipinski definition) is 3. The number of Topliss-reactive ketones (excluding diaryl/α,β-unsaturated/α-hetero) is 1. The molecule has 0 aromatic heterocycles. The molecule has 0 aromatic rings. The Morgan fingerprint density at radius 1 is 1.62 bits per heavy atom. The van der Waals surface area contributed by atoms with Gasteiger partial charge in [0, 0.05) is 18.4 Å². The molecule has 13 heavy (non-hydrogen) atoms. The zero-order chi connectivity index (χ0) is 9.68. The van der Waals surface area contributed by atoms with Gasteiger partial charge in [-0.1, -0.05) is 13.8 Å². The molecule has 3 nitrogen and oxygen atoms in total. The van der Waals surface area contributed by atoms with Crippen LogP contribution in [0.25, 0.3) is 0 Å². The van der Waals surface area contributed by atoms with Crippen molar-refractivity contribution in [3.63, 3.8) is 0 Å². The van der Waals surface area contributed by atoms with Gasteiger partial charge in [-0.3, -0.25) is 4.79 Å². The highest BCUT2D eigenvalue weighted by molar-refractivity contribution is 5.83. The van der Waals surface area contributed by atoms with E-state index in [-0.39, 0.29) is 11.7 Å². The maximum atomic E-state index is 11.3. The minimum atomic E-state index is 0.0595. The van der Waals surface area contributed by atoms with E-state index in [4.69, 9.17) is 0 Å². The Hall–Kier alpha value is -1.47. The molecule has 0 bridgehead atoms. The lowest BCUT2D eigenvalue weighted by Gasteiger charge is -2.02. The largest absolute Gasteiger partial charge is 0.299 e. The number of carbonyl (C=O) groups excluding carboxylic acids is 1. The lowest BCUT2D eigenvalue weighted by atomic mass is 10.0. The smallest absolute Gasteiger partial charge is 0.141 e. The molecule has 1 rings (SSSR count). The van der Waals surface area contributed by atoms with Crippen molar-refractivity contribution in [2.45, 2.75) is 20.3 Å². The molecule has 0 fully saturated rings. The molecule has 0 aliphatic carbocycles. The molecule has 68 valence electrons. The highest BCUT2D eigenvalue weighted by atomic mass is 16.1. The third-order valence-corrected chi connectivity index (χ3v) is 1.71. The van der Waals surface area contributed by atoms with Gasteiger partial charge in [0.1, 0.15) is 12.1 Å². The second-order valence-corrected chi connectivity index (χ2v) is 3.13. The fourth-order valence-corrected chi connectivity index (χ4v) is 0.843. The van der Waals surface area contributed by atoms with Crippen molar-refractivity contribution in [3.8, 4) is 0 Å². The van der Waals surface area contributed by atoms with E-state index in [9.17, 15) is 4.79 Å². The minimum absolute atomic E-state index is 0.0595. The number of aliphatic imine (C=N–C) groups is 2. The predicted octanol–water partition coefficient (Wildman–Crippen LogP) is 1.75. The Bertz CT molecular complexity index is 318. The van der Waals surface area contributed by atoms with Crippen LogP contribution in [0.2, 0.25) is 0 Å². The van der Waals surface area contributed by atoms with Gasteiger partial charge in [0.25, 0.3) is 0 Å². The minimum Gasteiger partial charge on any atom is -0.299 e. The van der Waals surface area contributed by atoms with Gasteiger partial charge >= 0.3 is 0 Å². The monoisotopic (exact) mass is 176 g/mol. The maximum absolute atomic E-state index is 11.3. The fourth-order valence-electron chi connectivity index (χ4n) is 0.843. The van der Waals surface area contributed by atoms with Crippen molar-refractivity contribution < 1.29 is 4.79 Å². The van der Waals surface area contributed by atoms with Crippen LogP contribution in [0.15, 0.2) is 27.8 Å². The molecule has 0 saturated carbocycles. The van der Waals surface area contributed by atoms with Gasteiger partial charge in [-0.2, -0.15) is 4.99 Å². The van der Waals surface area contributed by atoms with Gasteiger partial charge in [0.05, 0.1) is 5.70 Å². The highest BCUT2D eigenvalue weighted by Crippen LogP contribution is 2.09. The van der Waals surface area contributed by atoms with E-state index in [1.165, 1.54) is 6.34 Å². The molecule has 0 amide bonds. The zero-order valence-corrected chi connectivity index (χ0v) is 7.82. The number of allylic oxidation sites excluding steroid dienone is 3. The summed E-state index contributed by atoms with van der Waals surface area (Å²) in [6.07, 6.45) is 5.20. The van der Waals surface area contributed by atoms with Crippen LogP contribution >= 0.6 is 0 Å². The SMILES string of the molecule is CC(C)C(=O)CC1=CC=C=NC=N1. The van der Waals surface area contributed by atoms with Crippen molar-refractivity contribution in [3.05, 3.63) is 17.8 Å². The van der Waals surface area contributed by atoms with E-state index in [0.29, 0.717) is 6.42 Å². The molecule has 0 aromatic carbocycles. The third-order valence-electron chi connectivity index (χ3n) is 1.71. The maximum Gasteiger partial charge on any atom is 0.141 e. The van der Waals surface area contributed by atoms with Crippen LogP contribution in [0.4, 0.5) is 0 Å². The number of rotatable bonds is 3. The molecule has 0 N–H and O–H groups in total. The highest BCUT2D eigenvalue weighted by Gasteiger charge is 2.08. The summed E-state index contributed by atoms with van der Waals surface area (Å²) in [6.45, 7) is 3.77. The number of ketones is 1. The van der Waals surface area contributed by atoms with Crippen molar-refractivity contribution in [1.82, 2.24) is 0 Å². The van der Waals surface area contributed by atoms with E-state index in [1.54, 1.807) is 12.2 Å². The second kappa shape index (κ2) is 4.53. The predicted molar refractivity (Wildman–Crippen MR) is 53.0 cm³/mol. The van der Waals surface area contributed by atoms with Crippen LogP contribution in [0.1, 0.15) is 20.3 Å². The Kier molecular flexibility index (Phi) is 3.35. The molecule has 0 unspecified atom stereocenters. The molecule has 0 spiro atoms. The van der Waals surface area contributed by atoms with Crippen molar-refractivity contribution in [2.24, 2.45) is 15.9 Å². The summed E-state index contributed by atoms with van der Waals surface area (Å²) in [6, 6.07) is 0. The summed E-state index contributed by atoms with van der Waals surface area (Å²) < 4.78 is 0. The summed E-state index contributed by atoms with van der Waals surface area (Å²) in [5, 5.41) is 0. The Morgan fingerprint density at radius 3 is 3.08 bits per heavy atom. The average molecular weight is 176 g/mol. The number of nitrogens with zero attached hydrogens (tertiary/aromatic N) is 2. The first kappa shape index (κ1) is 9.62.